The van der Waals surface area contributed by atoms with Gasteiger partial charge < -0.3 is 46.6 Å². The zero-order valence-electron chi connectivity index (χ0n) is 12.4. The van der Waals surface area contributed by atoms with Gasteiger partial charge in [0, 0.05) is 0 Å². The van der Waals surface area contributed by atoms with Crippen molar-refractivity contribution in [3.05, 3.63) is 0 Å². The maximum atomic E-state index is 8.88. The molecule has 10 nitrogen and oxygen atoms in total. The first-order valence-electron chi connectivity index (χ1n) is 6.16. The Balaban J connectivity index is -0.000000239. The number of aliphatic hydroxyl groups is 4. The molecule has 0 heterocycles. The molecule has 0 aromatic carbocycles. The molecule has 21 heavy (non-hydrogen) atoms. The molecule has 0 amide bonds. The predicted octanol–water partition coefficient (Wildman–Crippen LogP) is -2.77. The van der Waals surface area contributed by atoms with E-state index in [1.165, 1.54) is 0 Å². The second-order valence-electron chi connectivity index (χ2n) is 4.58. The van der Waals surface area contributed by atoms with Crippen molar-refractivity contribution in [3.8, 4) is 0 Å². The SMILES string of the molecule is CCC(N)(CO)CO.CCC(N)(CO)CO.O=P(O)(O)O. The Morgan fingerprint density at radius 2 is 0.905 bits per heavy atom. The molecule has 0 rings (SSSR count). The highest BCUT2D eigenvalue weighted by atomic mass is 31.2. The van der Waals surface area contributed by atoms with Crippen LogP contribution >= 0.6 is 7.82 Å². The molecule has 0 aliphatic heterocycles. The largest absolute Gasteiger partial charge is 0.466 e. The van der Waals surface area contributed by atoms with Gasteiger partial charge in [-0.25, -0.2) is 4.57 Å². The van der Waals surface area contributed by atoms with E-state index >= 15 is 0 Å². The number of hydrogen-bond donors (Lipinski definition) is 9. The van der Waals surface area contributed by atoms with Crippen molar-refractivity contribution in [1.29, 1.82) is 0 Å². The molecule has 0 unspecified atom stereocenters. The summed E-state index contributed by atoms with van der Waals surface area (Å²) in [6.45, 7) is 3.04. The molecule has 11 heteroatoms. The first kappa shape index (κ1) is 25.8. The van der Waals surface area contributed by atoms with Crippen LogP contribution in [0.4, 0.5) is 0 Å². The van der Waals surface area contributed by atoms with Crippen LogP contribution in [0.25, 0.3) is 0 Å². The molecule has 132 valence electrons. The standard InChI is InChI=1S/2C5H13NO2.H3O4P/c2*1-2-5(6,3-7)4-8;1-5(2,3)4/h2*7-8H,2-4,6H2,1H3;(H3,1,2,3,4). The van der Waals surface area contributed by atoms with Crippen LogP contribution in [0.5, 0.6) is 0 Å². The molecular formula is C10H29N2O8P. The molecule has 0 bridgehead atoms. The number of rotatable bonds is 6. The van der Waals surface area contributed by atoms with E-state index in [-0.39, 0.29) is 26.4 Å². The van der Waals surface area contributed by atoms with Gasteiger partial charge in [0.05, 0.1) is 37.5 Å². The van der Waals surface area contributed by atoms with Crippen molar-refractivity contribution >= 4 is 7.82 Å². The average Bonchev–Trinajstić information content (AvgIpc) is 2.44. The van der Waals surface area contributed by atoms with Crippen molar-refractivity contribution in [2.75, 3.05) is 26.4 Å². The topological polar surface area (TPSA) is 211 Å². The predicted molar refractivity (Wildman–Crippen MR) is 77.0 cm³/mol. The highest BCUT2D eigenvalue weighted by Gasteiger charge is 2.19. The van der Waals surface area contributed by atoms with E-state index in [0.29, 0.717) is 12.8 Å². The summed E-state index contributed by atoms with van der Waals surface area (Å²) in [6, 6.07) is 0. The lowest BCUT2D eigenvalue weighted by Crippen LogP contribution is -2.46. The third-order valence-electron chi connectivity index (χ3n) is 2.67. The molecule has 0 aromatic heterocycles. The van der Waals surface area contributed by atoms with Gasteiger partial charge in [-0.2, -0.15) is 0 Å². The van der Waals surface area contributed by atoms with Crippen LogP contribution in [0, 0.1) is 0 Å². The van der Waals surface area contributed by atoms with Crippen LogP contribution in [0.1, 0.15) is 26.7 Å². The zero-order chi connectivity index (χ0) is 17.7. The van der Waals surface area contributed by atoms with Gasteiger partial charge >= 0.3 is 7.82 Å². The Kier molecular flexibility index (Phi) is 15.3. The van der Waals surface area contributed by atoms with Gasteiger partial charge in [-0.15, -0.1) is 0 Å². The van der Waals surface area contributed by atoms with Crippen LogP contribution in [0.2, 0.25) is 0 Å². The normalized spacial score (nSPS) is 12.0. The van der Waals surface area contributed by atoms with Crippen LogP contribution in [0.3, 0.4) is 0 Å². The third kappa shape index (κ3) is 19.9. The molecule has 0 aliphatic rings. The number of phosphoric acid groups is 1. The minimum absolute atomic E-state index is 0.153. The van der Waals surface area contributed by atoms with Crippen LogP contribution in [0.15, 0.2) is 0 Å². The van der Waals surface area contributed by atoms with Crippen molar-refractivity contribution < 1.29 is 39.7 Å². The minimum Gasteiger partial charge on any atom is -0.394 e. The molecule has 0 atom stereocenters. The summed E-state index contributed by atoms with van der Waals surface area (Å²) in [4.78, 5) is 21.6. The summed E-state index contributed by atoms with van der Waals surface area (Å²) in [5.41, 5.74) is 9.26. The monoisotopic (exact) mass is 336 g/mol. The molecule has 0 saturated carbocycles. The van der Waals surface area contributed by atoms with Gasteiger partial charge in [-0.3, -0.25) is 0 Å². The molecule has 0 radical (unpaired) electrons. The highest BCUT2D eigenvalue weighted by Crippen LogP contribution is 2.25. The molecule has 0 aromatic rings. The van der Waals surface area contributed by atoms with Gasteiger partial charge in [0.2, 0.25) is 0 Å². The quantitative estimate of drug-likeness (QED) is 0.228. The molecule has 0 aliphatic carbocycles. The lowest BCUT2D eigenvalue weighted by molar-refractivity contribution is 0.118. The summed E-state index contributed by atoms with van der Waals surface area (Å²) in [5, 5.41) is 34.0. The maximum Gasteiger partial charge on any atom is 0.466 e. The Morgan fingerprint density at radius 3 is 0.905 bits per heavy atom. The van der Waals surface area contributed by atoms with Crippen LogP contribution in [-0.4, -0.2) is 72.6 Å². The van der Waals surface area contributed by atoms with Crippen molar-refractivity contribution in [1.82, 2.24) is 0 Å². The molecule has 0 spiro atoms. The minimum atomic E-state index is -4.64. The van der Waals surface area contributed by atoms with Gasteiger partial charge in [-0.1, -0.05) is 13.8 Å². The van der Waals surface area contributed by atoms with E-state index in [1.807, 2.05) is 13.8 Å². The molecular weight excluding hydrogens is 307 g/mol. The smallest absolute Gasteiger partial charge is 0.394 e. The molecule has 0 fully saturated rings. The van der Waals surface area contributed by atoms with Gasteiger partial charge in [0.15, 0.2) is 0 Å². The Hall–Kier alpha value is -0.130. The first-order valence-corrected chi connectivity index (χ1v) is 7.73. The van der Waals surface area contributed by atoms with E-state index in [9.17, 15) is 0 Å². The number of aliphatic hydroxyl groups excluding tert-OH is 4. The van der Waals surface area contributed by atoms with E-state index < -0.39 is 18.9 Å². The molecule has 11 N–H and O–H groups in total. The summed E-state index contributed by atoms with van der Waals surface area (Å²) < 4.78 is 8.88. The highest BCUT2D eigenvalue weighted by molar-refractivity contribution is 7.45. The summed E-state index contributed by atoms with van der Waals surface area (Å²) >= 11 is 0. The Bertz CT molecular complexity index is 235. The third-order valence-corrected chi connectivity index (χ3v) is 2.67. The fraction of sp³-hybridized carbons (Fsp3) is 1.00. The lowest BCUT2D eigenvalue weighted by atomic mass is 10.0. The Morgan fingerprint density at radius 1 is 0.762 bits per heavy atom. The molecule has 0 saturated heterocycles. The number of nitrogens with two attached hydrogens (primary N) is 2. The fourth-order valence-electron chi connectivity index (χ4n) is 0.547. The first-order chi connectivity index (χ1) is 9.36. The average molecular weight is 336 g/mol. The maximum absolute atomic E-state index is 8.88. The summed E-state index contributed by atoms with van der Waals surface area (Å²) in [5.74, 6) is 0. The van der Waals surface area contributed by atoms with Crippen LogP contribution < -0.4 is 11.5 Å². The van der Waals surface area contributed by atoms with Crippen molar-refractivity contribution in [3.63, 3.8) is 0 Å². The van der Waals surface area contributed by atoms with Crippen molar-refractivity contribution in [2.45, 2.75) is 37.8 Å². The summed E-state index contributed by atoms with van der Waals surface area (Å²) in [6.07, 6.45) is 1.19. The van der Waals surface area contributed by atoms with E-state index in [2.05, 4.69) is 0 Å². The summed E-state index contributed by atoms with van der Waals surface area (Å²) in [7, 11) is -4.64. The van der Waals surface area contributed by atoms with Gasteiger partial charge in [0.1, 0.15) is 0 Å². The van der Waals surface area contributed by atoms with Gasteiger partial charge in [-0.05, 0) is 12.8 Å². The second-order valence-corrected chi connectivity index (χ2v) is 5.60. The zero-order valence-corrected chi connectivity index (χ0v) is 13.3. The lowest BCUT2D eigenvalue weighted by Gasteiger charge is -2.21. The van der Waals surface area contributed by atoms with E-state index in [4.69, 9.17) is 51.1 Å². The van der Waals surface area contributed by atoms with E-state index in [0.717, 1.165) is 0 Å². The Labute approximate surface area is 124 Å². The van der Waals surface area contributed by atoms with E-state index in [1.54, 1.807) is 0 Å². The fourth-order valence-corrected chi connectivity index (χ4v) is 0.547. The van der Waals surface area contributed by atoms with Crippen LogP contribution in [-0.2, 0) is 4.57 Å². The number of hydrogen-bond acceptors (Lipinski definition) is 7. The second kappa shape index (κ2) is 12.4. The van der Waals surface area contributed by atoms with Gasteiger partial charge in [0.25, 0.3) is 0 Å². The van der Waals surface area contributed by atoms with Crippen molar-refractivity contribution in [2.24, 2.45) is 11.5 Å².